The van der Waals surface area contributed by atoms with Gasteiger partial charge in [0.1, 0.15) is 12.1 Å². The molecule has 1 rings (SSSR count). The largest absolute Gasteiger partial charge is 0.465 e. The average molecular weight is 485 g/mol. The van der Waals surface area contributed by atoms with Crippen LogP contribution >= 0.6 is 0 Å². The minimum atomic E-state index is -0.633. The number of hydrogen-bond donors (Lipinski definition) is 2. The van der Waals surface area contributed by atoms with Crippen molar-refractivity contribution < 1.29 is 33.4 Å². The van der Waals surface area contributed by atoms with Gasteiger partial charge in [-0.05, 0) is 40.5 Å². The summed E-state index contributed by atoms with van der Waals surface area (Å²) in [5.41, 5.74) is -0.633. The minimum absolute atomic E-state index is 0.141. The Morgan fingerprint density at radius 3 is 2.21 bits per heavy atom. The van der Waals surface area contributed by atoms with Crippen LogP contribution in [0.1, 0.15) is 66.2 Å². The number of alkyl carbamates (subject to hydrolysis) is 1. The van der Waals surface area contributed by atoms with Gasteiger partial charge in [-0.3, -0.25) is 19.2 Å². The monoisotopic (exact) mass is 484 g/mol. The number of rotatable bonds is 6. The van der Waals surface area contributed by atoms with Crippen molar-refractivity contribution in [2.24, 2.45) is 0 Å². The second-order valence-electron chi connectivity index (χ2n) is 9.13. The van der Waals surface area contributed by atoms with E-state index in [-0.39, 0.29) is 70.0 Å². The quantitative estimate of drug-likeness (QED) is 0.541. The Bertz CT molecular complexity index is 706. The van der Waals surface area contributed by atoms with E-state index in [1.54, 1.807) is 27.7 Å². The van der Waals surface area contributed by atoms with Crippen molar-refractivity contribution in [3.05, 3.63) is 0 Å². The van der Waals surface area contributed by atoms with Gasteiger partial charge in [0.15, 0.2) is 0 Å². The highest BCUT2D eigenvalue weighted by Gasteiger charge is 2.21. The van der Waals surface area contributed by atoms with E-state index in [9.17, 15) is 24.0 Å². The van der Waals surface area contributed by atoms with Crippen LogP contribution in [0.15, 0.2) is 0 Å². The highest BCUT2D eigenvalue weighted by Crippen LogP contribution is 2.10. The van der Waals surface area contributed by atoms with E-state index in [0.717, 1.165) is 12.8 Å². The molecule has 0 spiro atoms. The Hall–Kier alpha value is -2.85. The van der Waals surface area contributed by atoms with E-state index in [4.69, 9.17) is 9.47 Å². The Morgan fingerprint density at radius 1 is 1.00 bits per heavy atom. The first-order chi connectivity index (χ1) is 16.0. The number of hydrogen-bond acceptors (Lipinski definition) is 7. The lowest BCUT2D eigenvalue weighted by Crippen LogP contribution is -2.46. The maximum absolute atomic E-state index is 12.7. The van der Waals surface area contributed by atoms with E-state index in [0.29, 0.717) is 19.3 Å². The van der Waals surface area contributed by atoms with Gasteiger partial charge in [-0.25, -0.2) is 4.79 Å². The second kappa shape index (κ2) is 15.1. The first kappa shape index (κ1) is 29.2. The molecule has 11 nitrogen and oxygen atoms in total. The molecule has 34 heavy (non-hydrogen) atoms. The molecule has 2 N–H and O–H groups in total. The SMILES string of the molecule is CCOC(=O)CN1CCNC(=O)CN(CCNC(=O)OC(C)(C)C)C(=O)CCCCCCC1=O. The van der Waals surface area contributed by atoms with Gasteiger partial charge in [0.25, 0.3) is 0 Å². The summed E-state index contributed by atoms with van der Waals surface area (Å²) in [6.07, 6.45) is 2.83. The normalized spacial score (nSPS) is 17.4. The fraction of sp³-hybridized carbons (Fsp3) is 0.783. The Balaban J connectivity index is 2.72. The van der Waals surface area contributed by atoms with Crippen LogP contribution in [0.5, 0.6) is 0 Å². The first-order valence-electron chi connectivity index (χ1n) is 12.0. The number of nitrogens with one attached hydrogen (secondary N) is 2. The lowest BCUT2D eigenvalue weighted by molar-refractivity contribution is -0.149. The molecule has 194 valence electrons. The number of nitrogens with zero attached hydrogens (tertiary/aromatic N) is 2. The van der Waals surface area contributed by atoms with Gasteiger partial charge < -0.3 is 29.9 Å². The zero-order valence-electron chi connectivity index (χ0n) is 20.9. The van der Waals surface area contributed by atoms with Gasteiger partial charge in [-0.1, -0.05) is 12.8 Å². The van der Waals surface area contributed by atoms with Crippen molar-refractivity contribution in [1.29, 1.82) is 0 Å². The topological polar surface area (TPSA) is 134 Å². The van der Waals surface area contributed by atoms with Crippen molar-refractivity contribution in [2.75, 3.05) is 45.9 Å². The molecule has 1 saturated heterocycles. The molecule has 0 radical (unpaired) electrons. The maximum atomic E-state index is 12.7. The third-order valence-electron chi connectivity index (χ3n) is 4.95. The standard InChI is InChI=1S/C23H40N4O7/c1-5-33-21(31)17-27-14-12-24-18(28)16-26(15-13-25-22(32)34-23(2,3)4)19(29)10-8-6-7-9-11-20(27)30/h5-17H2,1-4H3,(H,24,28)(H,25,32). The summed E-state index contributed by atoms with van der Waals surface area (Å²) in [5.74, 6) is -1.21. The number of esters is 1. The number of carbonyl (C=O) groups is 5. The molecule has 4 amide bonds. The van der Waals surface area contributed by atoms with Crippen LogP contribution in [0.2, 0.25) is 0 Å². The van der Waals surface area contributed by atoms with E-state index in [1.807, 2.05) is 0 Å². The van der Waals surface area contributed by atoms with Crippen LogP contribution in [0, 0.1) is 0 Å². The summed E-state index contributed by atoms with van der Waals surface area (Å²) in [7, 11) is 0. The Labute approximate surface area is 201 Å². The van der Waals surface area contributed by atoms with Gasteiger partial charge in [0, 0.05) is 39.0 Å². The molecule has 1 heterocycles. The lowest BCUT2D eigenvalue weighted by atomic mass is 10.1. The third-order valence-corrected chi connectivity index (χ3v) is 4.95. The predicted molar refractivity (Wildman–Crippen MR) is 125 cm³/mol. The molecule has 0 unspecified atom stereocenters. The van der Waals surface area contributed by atoms with E-state index >= 15 is 0 Å². The van der Waals surface area contributed by atoms with Crippen molar-refractivity contribution in [1.82, 2.24) is 20.4 Å². The molecule has 0 atom stereocenters. The van der Waals surface area contributed by atoms with Crippen LogP contribution in [0.25, 0.3) is 0 Å². The van der Waals surface area contributed by atoms with E-state index < -0.39 is 17.7 Å². The zero-order valence-corrected chi connectivity index (χ0v) is 20.9. The van der Waals surface area contributed by atoms with Crippen molar-refractivity contribution in [2.45, 2.75) is 71.8 Å². The second-order valence-corrected chi connectivity index (χ2v) is 9.13. The lowest BCUT2D eigenvalue weighted by Gasteiger charge is -2.24. The number of ether oxygens (including phenoxy) is 2. The van der Waals surface area contributed by atoms with Gasteiger partial charge >= 0.3 is 12.1 Å². The fourth-order valence-corrected chi connectivity index (χ4v) is 3.34. The molecule has 0 saturated carbocycles. The average Bonchev–Trinajstić information content (AvgIpc) is 2.73. The minimum Gasteiger partial charge on any atom is -0.465 e. The van der Waals surface area contributed by atoms with Crippen LogP contribution < -0.4 is 10.6 Å². The molecule has 0 aromatic heterocycles. The molecule has 11 heteroatoms. The summed E-state index contributed by atoms with van der Waals surface area (Å²) in [6.45, 7) is 7.48. The summed E-state index contributed by atoms with van der Waals surface area (Å²) in [6, 6.07) is 0. The van der Waals surface area contributed by atoms with Gasteiger partial charge in [-0.2, -0.15) is 0 Å². The van der Waals surface area contributed by atoms with Crippen LogP contribution in [-0.4, -0.2) is 91.1 Å². The zero-order chi connectivity index (χ0) is 25.6. The van der Waals surface area contributed by atoms with Crippen molar-refractivity contribution in [3.8, 4) is 0 Å². The molecule has 0 bridgehead atoms. The van der Waals surface area contributed by atoms with Crippen molar-refractivity contribution >= 4 is 29.8 Å². The van der Waals surface area contributed by atoms with Crippen LogP contribution in [0.3, 0.4) is 0 Å². The van der Waals surface area contributed by atoms with Crippen molar-refractivity contribution in [3.63, 3.8) is 0 Å². The summed E-state index contributed by atoms with van der Waals surface area (Å²) < 4.78 is 10.1. The number of carbonyl (C=O) groups excluding carboxylic acids is 5. The molecular weight excluding hydrogens is 444 g/mol. The van der Waals surface area contributed by atoms with Gasteiger partial charge in [0.05, 0.1) is 13.2 Å². The van der Waals surface area contributed by atoms with Crippen LogP contribution in [0.4, 0.5) is 4.79 Å². The summed E-state index contributed by atoms with van der Waals surface area (Å²) in [5, 5.41) is 5.30. The molecular formula is C23H40N4O7. The molecule has 1 fully saturated rings. The Kier molecular flexibility index (Phi) is 13.0. The predicted octanol–water partition coefficient (Wildman–Crippen LogP) is 1.20. The third kappa shape index (κ3) is 13.0. The fourth-order valence-electron chi connectivity index (χ4n) is 3.34. The molecule has 1 aliphatic heterocycles. The smallest absolute Gasteiger partial charge is 0.407 e. The molecule has 1 aliphatic rings. The Morgan fingerprint density at radius 2 is 1.62 bits per heavy atom. The highest BCUT2D eigenvalue weighted by molar-refractivity contribution is 5.85. The summed E-state index contributed by atoms with van der Waals surface area (Å²) in [4.78, 5) is 64.2. The molecule has 0 aromatic rings. The molecule has 0 aromatic carbocycles. The first-order valence-corrected chi connectivity index (χ1v) is 12.0. The number of amides is 4. The highest BCUT2D eigenvalue weighted by atomic mass is 16.6. The van der Waals surface area contributed by atoms with Gasteiger partial charge in [-0.15, -0.1) is 0 Å². The van der Waals surface area contributed by atoms with E-state index in [2.05, 4.69) is 10.6 Å². The van der Waals surface area contributed by atoms with E-state index in [1.165, 1.54) is 9.80 Å². The maximum Gasteiger partial charge on any atom is 0.407 e. The van der Waals surface area contributed by atoms with Crippen LogP contribution in [-0.2, 0) is 28.7 Å². The summed E-state index contributed by atoms with van der Waals surface area (Å²) >= 11 is 0. The molecule has 0 aliphatic carbocycles. The van der Waals surface area contributed by atoms with Gasteiger partial charge in [0.2, 0.25) is 17.7 Å².